The van der Waals surface area contributed by atoms with Gasteiger partial charge in [-0.25, -0.2) is 0 Å². The van der Waals surface area contributed by atoms with Gasteiger partial charge < -0.3 is 19.9 Å². The third-order valence-corrected chi connectivity index (χ3v) is 5.89. The lowest BCUT2D eigenvalue weighted by Gasteiger charge is -2.40. The molecule has 1 aliphatic carbocycles. The molecule has 5 nitrogen and oxygen atoms in total. The number of halogens is 1. The summed E-state index contributed by atoms with van der Waals surface area (Å²) in [7, 11) is 3.65. The summed E-state index contributed by atoms with van der Waals surface area (Å²) >= 11 is 0. The number of carbonyl (C=O) groups is 1. The number of piperidine rings is 1. The first-order chi connectivity index (χ1) is 12.2. The van der Waals surface area contributed by atoms with Gasteiger partial charge in [-0.2, -0.15) is 0 Å². The Hall–Kier alpha value is -1.82. The first kappa shape index (κ1) is 19.0. The fourth-order valence-corrected chi connectivity index (χ4v) is 4.71. The van der Waals surface area contributed by atoms with Gasteiger partial charge in [0.15, 0.2) is 0 Å². The van der Waals surface area contributed by atoms with Crippen LogP contribution in [0.4, 0.5) is 0 Å². The summed E-state index contributed by atoms with van der Waals surface area (Å²) in [4.78, 5) is 12.8. The third kappa shape index (κ3) is 2.84. The van der Waals surface area contributed by atoms with E-state index in [9.17, 15) is 4.79 Å². The highest BCUT2D eigenvalue weighted by atomic mass is 35.5. The molecular weight excluding hydrogens is 350 g/mol. The van der Waals surface area contributed by atoms with Crippen LogP contribution in [0.25, 0.3) is 0 Å². The maximum absolute atomic E-state index is 12.8. The van der Waals surface area contributed by atoms with Crippen molar-refractivity contribution < 1.29 is 9.53 Å². The van der Waals surface area contributed by atoms with Gasteiger partial charge in [0, 0.05) is 25.8 Å². The Morgan fingerprint density at radius 1 is 1.23 bits per heavy atom. The van der Waals surface area contributed by atoms with E-state index in [-0.39, 0.29) is 35.9 Å². The fraction of sp³-hybridized carbons (Fsp3) is 0.450. The van der Waals surface area contributed by atoms with Crippen LogP contribution in [0.5, 0.6) is 0 Å². The standard InChI is InChI=1S/C20H25N3O2.ClH/c1-23-13-5-8-16(23)19(24)22-17-14-6-3-4-7-15(14)20(18(17)25-2)9-11-21-12-10-20;/h3-8,13,17-18,21H,9-12H2,1-2H3,(H,22,24);1H/t17-,18+;/m1./s1. The van der Waals surface area contributed by atoms with Gasteiger partial charge in [0.1, 0.15) is 5.69 Å². The lowest BCUT2D eigenvalue weighted by Crippen LogP contribution is -2.49. The molecule has 2 aromatic rings. The summed E-state index contributed by atoms with van der Waals surface area (Å²) in [6.45, 7) is 1.96. The van der Waals surface area contributed by atoms with Gasteiger partial charge in [0.25, 0.3) is 5.91 Å². The van der Waals surface area contributed by atoms with Crippen LogP contribution in [0, 0.1) is 0 Å². The number of hydrogen-bond acceptors (Lipinski definition) is 3. The van der Waals surface area contributed by atoms with E-state index in [1.54, 1.807) is 7.11 Å². The second-order valence-corrected chi connectivity index (χ2v) is 7.11. The Morgan fingerprint density at radius 3 is 2.62 bits per heavy atom. The van der Waals surface area contributed by atoms with Crippen molar-refractivity contribution >= 4 is 18.3 Å². The number of amides is 1. The first-order valence-electron chi connectivity index (χ1n) is 8.92. The molecule has 0 unspecified atom stereocenters. The van der Waals surface area contributed by atoms with E-state index in [4.69, 9.17) is 4.74 Å². The molecule has 140 valence electrons. The number of fused-ring (bicyclic) bond motifs is 2. The van der Waals surface area contributed by atoms with E-state index in [0.29, 0.717) is 5.69 Å². The molecule has 0 bridgehead atoms. The predicted octanol–water partition coefficient (Wildman–Crippen LogP) is 2.57. The Balaban J connectivity index is 0.00000196. The van der Waals surface area contributed by atoms with Crippen molar-refractivity contribution in [2.45, 2.75) is 30.4 Å². The van der Waals surface area contributed by atoms with Gasteiger partial charge in [-0.05, 0) is 49.2 Å². The van der Waals surface area contributed by atoms with Gasteiger partial charge in [-0.1, -0.05) is 24.3 Å². The largest absolute Gasteiger partial charge is 0.378 e. The molecule has 4 rings (SSSR count). The molecule has 0 radical (unpaired) electrons. The summed E-state index contributed by atoms with van der Waals surface area (Å²) in [6, 6.07) is 12.1. The summed E-state index contributed by atoms with van der Waals surface area (Å²) in [5.41, 5.74) is 3.17. The average Bonchev–Trinajstić information content (AvgIpc) is 3.17. The minimum absolute atomic E-state index is 0. The van der Waals surface area contributed by atoms with Crippen LogP contribution in [0.15, 0.2) is 42.6 Å². The second kappa shape index (κ2) is 7.43. The van der Waals surface area contributed by atoms with Gasteiger partial charge >= 0.3 is 0 Å². The van der Waals surface area contributed by atoms with E-state index >= 15 is 0 Å². The number of ether oxygens (including phenoxy) is 1. The molecule has 6 heteroatoms. The zero-order valence-corrected chi connectivity index (χ0v) is 16.0. The number of rotatable bonds is 3. The number of aryl methyl sites for hydroxylation is 1. The van der Waals surface area contributed by atoms with E-state index in [1.165, 1.54) is 11.1 Å². The number of benzene rings is 1. The predicted molar refractivity (Wildman–Crippen MR) is 104 cm³/mol. The monoisotopic (exact) mass is 375 g/mol. The zero-order chi connectivity index (χ0) is 17.4. The molecule has 26 heavy (non-hydrogen) atoms. The van der Waals surface area contributed by atoms with Crippen molar-refractivity contribution in [3.8, 4) is 0 Å². The summed E-state index contributed by atoms with van der Waals surface area (Å²) in [6.07, 6.45) is 3.90. The van der Waals surface area contributed by atoms with E-state index in [0.717, 1.165) is 25.9 Å². The summed E-state index contributed by atoms with van der Waals surface area (Å²) < 4.78 is 7.84. The molecule has 1 spiro atoms. The molecular formula is C20H26ClN3O2. The summed E-state index contributed by atoms with van der Waals surface area (Å²) in [5, 5.41) is 6.70. The van der Waals surface area contributed by atoms with Crippen LogP contribution in [-0.2, 0) is 17.2 Å². The van der Waals surface area contributed by atoms with Gasteiger partial charge in [-0.3, -0.25) is 4.79 Å². The fourth-order valence-electron chi connectivity index (χ4n) is 4.71. The maximum Gasteiger partial charge on any atom is 0.268 e. The Labute approximate surface area is 160 Å². The molecule has 2 aliphatic rings. The number of nitrogens with one attached hydrogen (secondary N) is 2. The van der Waals surface area contributed by atoms with Crippen molar-refractivity contribution in [3.05, 3.63) is 59.4 Å². The van der Waals surface area contributed by atoms with Gasteiger partial charge in [0.2, 0.25) is 0 Å². The minimum Gasteiger partial charge on any atom is -0.378 e. The molecule has 1 aliphatic heterocycles. The Morgan fingerprint density at radius 2 is 1.96 bits per heavy atom. The van der Waals surface area contributed by atoms with Crippen LogP contribution in [-0.4, -0.2) is 36.8 Å². The minimum atomic E-state index is -0.123. The molecule has 1 fully saturated rings. The topological polar surface area (TPSA) is 55.3 Å². The quantitative estimate of drug-likeness (QED) is 0.866. The lowest BCUT2D eigenvalue weighted by molar-refractivity contribution is 0.00389. The Kier molecular flexibility index (Phi) is 5.42. The van der Waals surface area contributed by atoms with Crippen molar-refractivity contribution in [3.63, 3.8) is 0 Å². The van der Waals surface area contributed by atoms with E-state index in [1.807, 2.05) is 36.0 Å². The molecule has 2 N–H and O–H groups in total. The summed E-state index contributed by atoms with van der Waals surface area (Å²) in [5.74, 6) is -0.0552. The molecule has 1 aromatic carbocycles. The number of hydrogen-bond donors (Lipinski definition) is 2. The van der Waals surface area contributed by atoms with E-state index < -0.39 is 0 Å². The van der Waals surface area contributed by atoms with Crippen LogP contribution in [0.2, 0.25) is 0 Å². The Bertz CT molecular complexity index is 783. The van der Waals surface area contributed by atoms with Crippen molar-refractivity contribution in [2.75, 3.05) is 20.2 Å². The highest BCUT2D eigenvalue weighted by molar-refractivity contribution is 5.93. The van der Waals surface area contributed by atoms with E-state index in [2.05, 4.69) is 28.8 Å². The van der Waals surface area contributed by atoms with Crippen LogP contribution < -0.4 is 10.6 Å². The van der Waals surface area contributed by atoms with Gasteiger partial charge in [0.05, 0.1) is 12.1 Å². The zero-order valence-electron chi connectivity index (χ0n) is 15.2. The van der Waals surface area contributed by atoms with Crippen LogP contribution >= 0.6 is 12.4 Å². The average molecular weight is 376 g/mol. The number of aromatic nitrogens is 1. The second-order valence-electron chi connectivity index (χ2n) is 7.11. The van der Waals surface area contributed by atoms with Crippen LogP contribution in [0.1, 0.15) is 40.5 Å². The van der Waals surface area contributed by atoms with Crippen LogP contribution in [0.3, 0.4) is 0 Å². The molecule has 2 heterocycles. The SMILES string of the molecule is CO[C@H]1[C@H](NC(=O)c2cccn2C)c2ccccc2C12CCNCC2.Cl. The number of methoxy groups -OCH3 is 1. The smallest absolute Gasteiger partial charge is 0.268 e. The molecule has 1 aromatic heterocycles. The molecule has 1 amide bonds. The maximum atomic E-state index is 12.8. The number of carbonyl (C=O) groups excluding carboxylic acids is 1. The molecule has 0 saturated carbocycles. The van der Waals surface area contributed by atoms with Crippen molar-refractivity contribution in [1.29, 1.82) is 0 Å². The number of nitrogens with zero attached hydrogens (tertiary/aromatic N) is 1. The lowest BCUT2D eigenvalue weighted by atomic mass is 9.72. The normalized spacial score (nSPS) is 23.3. The highest BCUT2D eigenvalue weighted by Crippen LogP contribution is 2.51. The van der Waals surface area contributed by atoms with Crippen molar-refractivity contribution in [2.24, 2.45) is 7.05 Å². The van der Waals surface area contributed by atoms with Gasteiger partial charge in [-0.15, -0.1) is 12.4 Å². The molecule has 2 atom stereocenters. The highest BCUT2D eigenvalue weighted by Gasteiger charge is 2.53. The first-order valence-corrected chi connectivity index (χ1v) is 8.92. The third-order valence-electron chi connectivity index (χ3n) is 5.89. The van der Waals surface area contributed by atoms with Crippen molar-refractivity contribution in [1.82, 2.24) is 15.2 Å². The molecule has 1 saturated heterocycles.